The minimum absolute atomic E-state index is 0.151. The van der Waals surface area contributed by atoms with Crippen LogP contribution in [-0.2, 0) is 0 Å². The number of hydrogen-bond donors (Lipinski definition) is 2. The fourth-order valence-electron chi connectivity index (χ4n) is 3.92. The van der Waals surface area contributed by atoms with Gasteiger partial charge in [-0.15, -0.1) is 0 Å². The molecule has 0 spiro atoms. The first-order chi connectivity index (χ1) is 10.2. The van der Waals surface area contributed by atoms with E-state index in [0.29, 0.717) is 12.6 Å². The van der Waals surface area contributed by atoms with E-state index in [1.165, 1.54) is 25.7 Å². The van der Waals surface area contributed by atoms with E-state index >= 15 is 0 Å². The van der Waals surface area contributed by atoms with Gasteiger partial charge >= 0.3 is 0 Å². The quantitative estimate of drug-likeness (QED) is 0.845. The molecule has 0 amide bonds. The van der Waals surface area contributed by atoms with Gasteiger partial charge in [0.05, 0.1) is 7.11 Å². The molecule has 2 bridgehead atoms. The zero-order valence-electron chi connectivity index (χ0n) is 13.0. The van der Waals surface area contributed by atoms with Crippen LogP contribution in [0.4, 0.5) is 0 Å². The Morgan fingerprint density at radius 1 is 1.29 bits per heavy atom. The molecule has 0 aromatic heterocycles. The first-order valence-electron chi connectivity index (χ1n) is 7.97. The van der Waals surface area contributed by atoms with Gasteiger partial charge in [0.25, 0.3) is 0 Å². The van der Waals surface area contributed by atoms with Crippen LogP contribution in [0.25, 0.3) is 0 Å². The summed E-state index contributed by atoms with van der Waals surface area (Å²) in [6, 6.07) is 6.27. The Hall–Kier alpha value is -1.26. The number of methoxy groups -OCH3 is 1. The van der Waals surface area contributed by atoms with Crippen LogP contribution in [-0.4, -0.2) is 26.8 Å². The minimum atomic E-state index is 0.151. The highest BCUT2D eigenvalue weighted by Crippen LogP contribution is 2.47. The van der Waals surface area contributed by atoms with E-state index in [2.05, 4.69) is 17.4 Å². The molecular formula is C17H26N2O2. The Labute approximate surface area is 127 Å². The molecule has 2 aliphatic carbocycles. The standard InChI is InChI=1S/C17H26N2O2/c1-19-14(10-18)12-5-6-15(20-2)17(9-12)21-16-8-11-3-4-13(16)7-11/h5-6,9,11,13-14,16,19H,3-4,7-8,10,18H2,1-2H3. The lowest BCUT2D eigenvalue weighted by Gasteiger charge is -2.25. The number of rotatable bonds is 6. The van der Waals surface area contributed by atoms with Gasteiger partial charge in [-0.25, -0.2) is 0 Å². The highest BCUT2D eigenvalue weighted by Gasteiger charge is 2.41. The minimum Gasteiger partial charge on any atom is -0.493 e. The van der Waals surface area contributed by atoms with Crippen molar-refractivity contribution in [1.82, 2.24) is 5.32 Å². The van der Waals surface area contributed by atoms with Crippen molar-refractivity contribution >= 4 is 0 Å². The third kappa shape index (κ3) is 2.87. The fraction of sp³-hybridized carbons (Fsp3) is 0.647. The summed E-state index contributed by atoms with van der Waals surface area (Å²) < 4.78 is 11.8. The molecule has 4 unspecified atom stereocenters. The first-order valence-corrected chi connectivity index (χ1v) is 7.97. The Kier molecular flexibility index (Phi) is 4.36. The molecule has 4 nitrogen and oxygen atoms in total. The normalized spacial score (nSPS) is 28.6. The van der Waals surface area contributed by atoms with Crippen LogP contribution < -0.4 is 20.5 Å². The number of benzene rings is 1. The molecule has 2 fully saturated rings. The van der Waals surface area contributed by atoms with Gasteiger partial charge in [0.15, 0.2) is 11.5 Å². The predicted octanol–water partition coefficient (Wildman–Crippen LogP) is 2.48. The zero-order chi connectivity index (χ0) is 14.8. The largest absolute Gasteiger partial charge is 0.493 e. The number of likely N-dealkylation sites (N-methyl/N-ethyl adjacent to an activating group) is 1. The highest BCUT2D eigenvalue weighted by molar-refractivity contribution is 5.44. The van der Waals surface area contributed by atoms with Gasteiger partial charge in [0.2, 0.25) is 0 Å². The third-order valence-electron chi connectivity index (χ3n) is 5.13. The molecule has 21 heavy (non-hydrogen) atoms. The van der Waals surface area contributed by atoms with Crippen LogP contribution in [0.2, 0.25) is 0 Å². The Balaban J connectivity index is 1.80. The van der Waals surface area contributed by atoms with E-state index in [0.717, 1.165) is 28.9 Å². The SMILES string of the molecule is CNC(CN)c1ccc(OC)c(OC2CC3CCC2C3)c1. The summed E-state index contributed by atoms with van der Waals surface area (Å²) in [7, 11) is 3.62. The fourth-order valence-corrected chi connectivity index (χ4v) is 3.92. The molecule has 3 N–H and O–H groups in total. The molecule has 0 saturated heterocycles. The molecule has 4 atom stereocenters. The second-order valence-corrected chi connectivity index (χ2v) is 6.32. The molecule has 2 aliphatic rings. The molecule has 116 valence electrons. The van der Waals surface area contributed by atoms with Crippen LogP contribution in [0.15, 0.2) is 18.2 Å². The first kappa shape index (κ1) is 14.7. The predicted molar refractivity (Wildman–Crippen MR) is 83.7 cm³/mol. The van der Waals surface area contributed by atoms with Crippen molar-refractivity contribution in [2.24, 2.45) is 17.6 Å². The Bertz CT molecular complexity index is 488. The van der Waals surface area contributed by atoms with E-state index in [4.69, 9.17) is 15.2 Å². The second kappa shape index (κ2) is 6.24. The van der Waals surface area contributed by atoms with Crippen molar-refractivity contribution in [1.29, 1.82) is 0 Å². The molecule has 3 rings (SSSR count). The van der Waals surface area contributed by atoms with Gasteiger partial charge in [-0.3, -0.25) is 0 Å². The topological polar surface area (TPSA) is 56.5 Å². The van der Waals surface area contributed by atoms with Gasteiger partial charge in [-0.1, -0.05) is 6.07 Å². The monoisotopic (exact) mass is 290 g/mol. The van der Waals surface area contributed by atoms with Gasteiger partial charge in [-0.05, 0) is 62.3 Å². The Morgan fingerprint density at radius 2 is 2.14 bits per heavy atom. The van der Waals surface area contributed by atoms with Crippen LogP contribution in [0.5, 0.6) is 11.5 Å². The van der Waals surface area contributed by atoms with Gasteiger partial charge in [0.1, 0.15) is 6.10 Å². The average molecular weight is 290 g/mol. The molecule has 4 heteroatoms. The summed E-state index contributed by atoms with van der Waals surface area (Å²) >= 11 is 0. The van der Waals surface area contributed by atoms with Crippen molar-refractivity contribution in [3.8, 4) is 11.5 Å². The van der Waals surface area contributed by atoms with Crippen molar-refractivity contribution in [2.75, 3.05) is 20.7 Å². The molecular weight excluding hydrogens is 264 g/mol. The smallest absolute Gasteiger partial charge is 0.161 e. The summed E-state index contributed by atoms with van der Waals surface area (Å²) in [5.74, 6) is 3.29. The van der Waals surface area contributed by atoms with E-state index < -0.39 is 0 Å². The maximum atomic E-state index is 6.32. The Morgan fingerprint density at radius 3 is 2.71 bits per heavy atom. The van der Waals surface area contributed by atoms with Crippen LogP contribution in [0, 0.1) is 11.8 Å². The van der Waals surface area contributed by atoms with Crippen LogP contribution in [0.1, 0.15) is 37.3 Å². The van der Waals surface area contributed by atoms with Gasteiger partial charge in [-0.2, -0.15) is 0 Å². The maximum absolute atomic E-state index is 6.32. The maximum Gasteiger partial charge on any atom is 0.161 e. The lowest BCUT2D eigenvalue weighted by molar-refractivity contribution is 0.133. The molecule has 1 aromatic rings. The van der Waals surface area contributed by atoms with E-state index in [9.17, 15) is 0 Å². The number of nitrogens with two attached hydrogens (primary N) is 1. The molecule has 0 aliphatic heterocycles. The van der Waals surface area contributed by atoms with E-state index in [1.54, 1.807) is 7.11 Å². The van der Waals surface area contributed by atoms with Crippen LogP contribution in [0.3, 0.4) is 0 Å². The molecule has 2 saturated carbocycles. The highest BCUT2D eigenvalue weighted by atomic mass is 16.5. The second-order valence-electron chi connectivity index (χ2n) is 6.32. The summed E-state index contributed by atoms with van der Waals surface area (Å²) in [6.07, 6.45) is 5.61. The summed E-state index contributed by atoms with van der Waals surface area (Å²) in [4.78, 5) is 0. The molecule has 0 radical (unpaired) electrons. The lowest BCUT2D eigenvalue weighted by Crippen LogP contribution is -2.26. The van der Waals surface area contributed by atoms with Crippen molar-refractivity contribution < 1.29 is 9.47 Å². The summed E-state index contributed by atoms with van der Waals surface area (Å²) in [5, 5.41) is 3.23. The van der Waals surface area contributed by atoms with Gasteiger partial charge < -0.3 is 20.5 Å². The van der Waals surface area contributed by atoms with Crippen LogP contribution >= 0.6 is 0 Å². The number of ether oxygens (including phenoxy) is 2. The summed E-state index contributed by atoms with van der Waals surface area (Å²) in [6.45, 7) is 0.566. The van der Waals surface area contributed by atoms with Crippen molar-refractivity contribution in [3.63, 3.8) is 0 Å². The number of hydrogen-bond acceptors (Lipinski definition) is 4. The zero-order valence-corrected chi connectivity index (χ0v) is 13.0. The summed E-state index contributed by atoms with van der Waals surface area (Å²) in [5.41, 5.74) is 6.97. The van der Waals surface area contributed by atoms with E-state index in [-0.39, 0.29) is 6.04 Å². The number of nitrogens with one attached hydrogen (secondary N) is 1. The van der Waals surface area contributed by atoms with Crippen molar-refractivity contribution in [3.05, 3.63) is 23.8 Å². The third-order valence-corrected chi connectivity index (χ3v) is 5.13. The van der Waals surface area contributed by atoms with Crippen molar-refractivity contribution in [2.45, 2.75) is 37.8 Å². The number of fused-ring (bicyclic) bond motifs is 2. The lowest BCUT2D eigenvalue weighted by atomic mass is 9.97. The van der Waals surface area contributed by atoms with E-state index in [1.807, 2.05) is 13.1 Å². The molecule has 1 aromatic carbocycles. The average Bonchev–Trinajstić information content (AvgIpc) is 3.11. The molecule has 0 heterocycles. The van der Waals surface area contributed by atoms with Gasteiger partial charge in [0, 0.05) is 12.6 Å².